The number of carbonyl (C=O) groups excluding carboxylic acids is 2. The highest BCUT2D eigenvalue weighted by Gasteiger charge is 2.23. The highest BCUT2D eigenvalue weighted by Crippen LogP contribution is 2.18. The molecule has 0 atom stereocenters. The van der Waals surface area contributed by atoms with Crippen LogP contribution in [0.1, 0.15) is 33.9 Å². The molecule has 128 valence electrons. The van der Waals surface area contributed by atoms with Gasteiger partial charge in [0.15, 0.2) is 0 Å². The number of nitrogens with one attached hydrogen (secondary N) is 1. The molecule has 1 fully saturated rings. The van der Waals surface area contributed by atoms with E-state index in [-0.39, 0.29) is 11.8 Å². The summed E-state index contributed by atoms with van der Waals surface area (Å²) in [6, 6.07) is 0. The van der Waals surface area contributed by atoms with Crippen molar-refractivity contribution < 1.29 is 9.59 Å². The first-order valence-electron chi connectivity index (χ1n) is 7.94. The normalized spacial score (nSPS) is 15.4. The molecule has 7 nitrogen and oxygen atoms in total. The van der Waals surface area contributed by atoms with Crippen LogP contribution in [0.4, 0.5) is 0 Å². The van der Waals surface area contributed by atoms with Gasteiger partial charge in [-0.25, -0.2) is 4.98 Å². The van der Waals surface area contributed by atoms with Crippen LogP contribution in [0.2, 0.25) is 0 Å². The summed E-state index contributed by atoms with van der Waals surface area (Å²) >= 11 is 2.69. The van der Waals surface area contributed by atoms with Crippen LogP contribution in [0.15, 0.2) is 17.8 Å². The van der Waals surface area contributed by atoms with Gasteiger partial charge in [0, 0.05) is 44.1 Å². The minimum Gasteiger partial charge on any atom is -0.351 e. The average Bonchev–Trinajstić information content (AvgIpc) is 3.31. The van der Waals surface area contributed by atoms with Crippen LogP contribution in [0.25, 0.3) is 0 Å². The zero-order valence-electron chi connectivity index (χ0n) is 13.2. The zero-order valence-corrected chi connectivity index (χ0v) is 14.8. The van der Waals surface area contributed by atoms with E-state index in [1.165, 1.54) is 6.20 Å². The lowest BCUT2D eigenvalue weighted by molar-refractivity contribution is -0.132. The third-order valence-corrected chi connectivity index (χ3v) is 5.64. The zero-order chi connectivity index (χ0) is 16.8. The van der Waals surface area contributed by atoms with E-state index in [4.69, 9.17) is 0 Å². The molecule has 9 heteroatoms. The maximum Gasteiger partial charge on any atom is 0.264 e. The fraction of sp³-hybridized carbons (Fsp3) is 0.533. The number of piperidine rings is 1. The van der Waals surface area contributed by atoms with Crippen LogP contribution in [0.3, 0.4) is 0 Å². The Kier molecular flexibility index (Phi) is 5.86. The van der Waals surface area contributed by atoms with E-state index < -0.39 is 0 Å². The maximum atomic E-state index is 12.2. The van der Waals surface area contributed by atoms with Crippen molar-refractivity contribution in [1.29, 1.82) is 0 Å². The minimum atomic E-state index is -0.119. The van der Waals surface area contributed by atoms with Gasteiger partial charge in [-0.1, -0.05) is 4.49 Å². The molecule has 1 aliphatic rings. The summed E-state index contributed by atoms with van der Waals surface area (Å²) in [6.07, 6.45) is 6.33. The average molecular weight is 365 g/mol. The highest BCUT2D eigenvalue weighted by molar-refractivity contribution is 7.09. The van der Waals surface area contributed by atoms with Crippen LogP contribution in [-0.2, 0) is 11.2 Å². The van der Waals surface area contributed by atoms with E-state index in [1.54, 1.807) is 17.5 Å². The maximum absolute atomic E-state index is 12.2. The quantitative estimate of drug-likeness (QED) is 0.840. The van der Waals surface area contributed by atoms with E-state index in [1.807, 2.05) is 10.3 Å². The third kappa shape index (κ3) is 4.57. The number of carbonyl (C=O) groups is 2. The summed E-state index contributed by atoms with van der Waals surface area (Å²) < 4.78 is 3.69. The van der Waals surface area contributed by atoms with Crippen molar-refractivity contribution in [3.05, 3.63) is 27.7 Å². The number of aromatic nitrogens is 3. The predicted molar refractivity (Wildman–Crippen MR) is 92.0 cm³/mol. The molecule has 24 heavy (non-hydrogen) atoms. The molecule has 0 radical (unpaired) electrons. The van der Waals surface area contributed by atoms with Gasteiger partial charge in [-0.2, -0.15) is 0 Å². The lowest BCUT2D eigenvalue weighted by atomic mass is 9.96. The minimum absolute atomic E-state index is 0.119. The Morgan fingerprint density at radius 1 is 1.33 bits per heavy atom. The Morgan fingerprint density at radius 2 is 2.17 bits per heavy atom. The summed E-state index contributed by atoms with van der Waals surface area (Å²) in [5, 5.41) is 9.53. The first-order chi connectivity index (χ1) is 11.7. The monoisotopic (exact) mass is 365 g/mol. The number of likely N-dealkylation sites (tertiary alicyclic amines) is 1. The lowest BCUT2D eigenvalue weighted by Crippen LogP contribution is -2.41. The number of hydrogen-bond donors (Lipinski definition) is 1. The molecular formula is C15H19N5O2S2. The van der Waals surface area contributed by atoms with E-state index >= 15 is 0 Å². The second kappa shape index (κ2) is 8.29. The van der Waals surface area contributed by atoms with Gasteiger partial charge >= 0.3 is 0 Å². The number of rotatable bonds is 6. The molecule has 0 aromatic carbocycles. The summed E-state index contributed by atoms with van der Waals surface area (Å²) in [5.74, 6) is 0.494. The van der Waals surface area contributed by atoms with Gasteiger partial charge in [0.1, 0.15) is 4.88 Å². The number of hydrogen-bond acceptors (Lipinski definition) is 7. The third-order valence-electron chi connectivity index (χ3n) is 4.14. The Hall–Kier alpha value is -1.87. The van der Waals surface area contributed by atoms with Gasteiger partial charge < -0.3 is 10.2 Å². The fourth-order valence-corrected chi connectivity index (χ4v) is 3.78. The van der Waals surface area contributed by atoms with Crippen molar-refractivity contribution in [2.45, 2.75) is 25.7 Å². The topological polar surface area (TPSA) is 88.1 Å². The van der Waals surface area contributed by atoms with Crippen molar-refractivity contribution in [2.24, 2.45) is 5.92 Å². The molecule has 0 aliphatic carbocycles. The first-order valence-corrected chi connectivity index (χ1v) is 9.59. The molecule has 2 aromatic rings. The first kappa shape index (κ1) is 17.0. The van der Waals surface area contributed by atoms with Gasteiger partial charge in [0.2, 0.25) is 5.91 Å². The Labute approximate surface area is 148 Å². The van der Waals surface area contributed by atoms with E-state index in [2.05, 4.69) is 19.9 Å². The van der Waals surface area contributed by atoms with Crippen molar-refractivity contribution in [3.8, 4) is 0 Å². The Morgan fingerprint density at radius 3 is 2.83 bits per heavy atom. The van der Waals surface area contributed by atoms with Crippen molar-refractivity contribution in [2.75, 3.05) is 19.6 Å². The van der Waals surface area contributed by atoms with Gasteiger partial charge in [0.05, 0.1) is 11.2 Å². The second-order valence-corrected chi connectivity index (χ2v) is 7.51. The van der Waals surface area contributed by atoms with Gasteiger partial charge in [-0.3, -0.25) is 9.59 Å². The molecule has 1 N–H and O–H groups in total. The molecule has 3 heterocycles. The van der Waals surface area contributed by atoms with Crippen LogP contribution in [0.5, 0.6) is 0 Å². The number of amides is 2. The molecule has 1 saturated heterocycles. The standard InChI is InChI=1S/C15H19N5O2S2/c21-14(2-1-13-16-5-8-23-13)20-6-3-11(4-7-20)9-17-15(22)12-10-18-19-24-12/h5,8,10-11H,1-4,6-7,9H2,(H,17,22). The highest BCUT2D eigenvalue weighted by atomic mass is 32.1. The van der Waals surface area contributed by atoms with Gasteiger partial charge in [-0.05, 0) is 30.3 Å². The molecule has 0 unspecified atom stereocenters. The molecule has 3 rings (SSSR count). The molecule has 0 bridgehead atoms. The second-order valence-electron chi connectivity index (χ2n) is 5.74. The van der Waals surface area contributed by atoms with E-state index in [9.17, 15) is 9.59 Å². The molecular weight excluding hydrogens is 346 g/mol. The van der Waals surface area contributed by atoms with Crippen LogP contribution in [-0.4, -0.2) is 50.9 Å². The molecule has 0 saturated carbocycles. The summed E-state index contributed by atoms with van der Waals surface area (Å²) in [6.45, 7) is 2.16. The number of nitrogens with zero attached hydrogens (tertiary/aromatic N) is 4. The fourth-order valence-electron chi connectivity index (χ4n) is 2.73. The van der Waals surface area contributed by atoms with Gasteiger partial charge in [0.25, 0.3) is 5.91 Å². The SMILES string of the molecule is O=C(NCC1CCN(C(=O)CCc2nccs2)CC1)c1cnns1. The lowest BCUT2D eigenvalue weighted by Gasteiger charge is -2.32. The molecule has 2 amide bonds. The predicted octanol–water partition coefficient (Wildman–Crippen LogP) is 1.60. The molecule has 2 aromatic heterocycles. The largest absolute Gasteiger partial charge is 0.351 e. The van der Waals surface area contributed by atoms with Crippen molar-refractivity contribution in [1.82, 2.24) is 24.8 Å². The Bertz CT molecular complexity index is 651. The van der Waals surface area contributed by atoms with Gasteiger partial charge in [-0.15, -0.1) is 16.4 Å². The smallest absolute Gasteiger partial charge is 0.264 e. The van der Waals surface area contributed by atoms with E-state index in [0.29, 0.717) is 23.8 Å². The Balaban J connectivity index is 1.36. The number of thiazole rings is 1. The van der Waals surface area contributed by atoms with Crippen LogP contribution < -0.4 is 5.32 Å². The van der Waals surface area contributed by atoms with E-state index in [0.717, 1.165) is 48.9 Å². The number of aryl methyl sites for hydroxylation is 1. The molecule has 1 aliphatic heterocycles. The van der Waals surface area contributed by atoms with Crippen LogP contribution in [0, 0.1) is 5.92 Å². The van der Waals surface area contributed by atoms with Crippen molar-refractivity contribution in [3.63, 3.8) is 0 Å². The summed E-state index contributed by atoms with van der Waals surface area (Å²) in [7, 11) is 0. The van der Waals surface area contributed by atoms with Crippen molar-refractivity contribution >= 4 is 34.7 Å². The summed E-state index contributed by atoms with van der Waals surface area (Å²) in [5.41, 5.74) is 0. The summed E-state index contributed by atoms with van der Waals surface area (Å²) in [4.78, 5) is 30.8. The molecule has 0 spiro atoms. The van der Waals surface area contributed by atoms with Crippen LogP contribution >= 0.6 is 22.9 Å².